The lowest BCUT2D eigenvalue weighted by Gasteiger charge is -2.21. The van der Waals surface area contributed by atoms with Crippen LogP contribution in [0.4, 0.5) is 5.69 Å². The third-order valence-electron chi connectivity index (χ3n) is 4.14. The number of nitro groups is 1. The Kier molecular flexibility index (Phi) is 3.89. The van der Waals surface area contributed by atoms with Gasteiger partial charge in [-0.1, -0.05) is 0 Å². The zero-order valence-corrected chi connectivity index (χ0v) is 12.4. The molecule has 0 saturated carbocycles. The Labute approximate surface area is 133 Å². The second kappa shape index (κ2) is 5.89. The van der Waals surface area contributed by atoms with Gasteiger partial charge in [-0.15, -0.1) is 0 Å². The lowest BCUT2D eigenvalue weighted by molar-refractivity contribution is -0.385. The summed E-state index contributed by atoms with van der Waals surface area (Å²) in [4.78, 5) is 51.1. The van der Waals surface area contributed by atoms with Crippen molar-refractivity contribution in [2.75, 3.05) is 6.54 Å². The standard InChI is InChI=1S/C14H14N4O6/c19-12-13(20)16-9-5-11(18(23)24)7(4-8(9)15-12)6-17-3-1-2-10(17)14(21)22/h4-5,10H,1-3,6H2,(H,15,19)(H,16,20)(H,21,22)/t10-/m1/s1. The number of nitrogens with zero attached hydrogens (tertiary/aromatic N) is 2. The number of carboxylic acid groups (broad SMARTS) is 1. The van der Waals surface area contributed by atoms with Gasteiger partial charge in [0.05, 0.1) is 16.0 Å². The Morgan fingerprint density at radius 1 is 1.29 bits per heavy atom. The van der Waals surface area contributed by atoms with E-state index in [0.29, 0.717) is 19.4 Å². The fourth-order valence-electron chi connectivity index (χ4n) is 3.01. The summed E-state index contributed by atoms with van der Waals surface area (Å²) in [5.41, 5.74) is -1.30. The molecule has 10 heteroatoms. The van der Waals surface area contributed by atoms with Crippen molar-refractivity contribution in [2.45, 2.75) is 25.4 Å². The number of carbonyl (C=O) groups is 1. The van der Waals surface area contributed by atoms with E-state index in [1.807, 2.05) is 0 Å². The minimum atomic E-state index is -0.964. The van der Waals surface area contributed by atoms with Crippen molar-refractivity contribution in [3.63, 3.8) is 0 Å². The second-order valence-corrected chi connectivity index (χ2v) is 5.66. The van der Waals surface area contributed by atoms with Crippen molar-refractivity contribution < 1.29 is 14.8 Å². The fraction of sp³-hybridized carbons (Fsp3) is 0.357. The molecule has 126 valence electrons. The summed E-state index contributed by atoms with van der Waals surface area (Å²) in [6.45, 7) is 0.596. The second-order valence-electron chi connectivity index (χ2n) is 5.66. The van der Waals surface area contributed by atoms with Gasteiger partial charge in [0, 0.05) is 18.2 Å². The molecule has 3 rings (SSSR count). The Morgan fingerprint density at radius 3 is 2.50 bits per heavy atom. The number of hydrogen-bond donors (Lipinski definition) is 3. The van der Waals surface area contributed by atoms with E-state index in [-0.39, 0.29) is 28.8 Å². The molecular formula is C14H14N4O6. The zero-order valence-electron chi connectivity index (χ0n) is 12.4. The van der Waals surface area contributed by atoms with E-state index in [9.17, 15) is 29.6 Å². The largest absolute Gasteiger partial charge is 0.480 e. The average molecular weight is 334 g/mol. The molecule has 2 aromatic rings. The Morgan fingerprint density at radius 2 is 1.92 bits per heavy atom. The van der Waals surface area contributed by atoms with Gasteiger partial charge in [0.15, 0.2) is 0 Å². The van der Waals surface area contributed by atoms with Gasteiger partial charge in [-0.05, 0) is 25.5 Å². The summed E-state index contributed by atoms with van der Waals surface area (Å²) in [6.07, 6.45) is 1.18. The molecule has 1 saturated heterocycles. The predicted molar refractivity (Wildman–Crippen MR) is 82.9 cm³/mol. The Hall–Kier alpha value is -3.01. The van der Waals surface area contributed by atoms with Crippen LogP contribution in [-0.2, 0) is 11.3 Å². The summed E-state index contributed by atoms with van der Waals surface area (Å²) in [7, 11) is 0. The van der Waals surface area contributed by atoms with Gasteiger partial charge in [-0.3, -0.25) is 29.4 Å². The molecule has 1 aromatic heterocycles. The molecule has 0 bridgehead atoms. The van der Waals surface area contributed by atoms with Crippen LogP contribution in [0.1, 0.15) is 18.4 Å². The molecule has 1 aromatic carbocycles. The van der Waals surface area contributed by atoms with Crippen LogP contribution in [0.5, 0.6) is 0 Å². The predicted octanol–water partition coefficient (Wildman–Crippen LogP) is 0.174. The van der Waals surface area contributed by atoms with E-state index < -0.39 is 28.1 Å². The molecule has 1 atom stereocenters. The molecule has 0 unspecified atom stereocenters. The number of aliphatic carboxylic acids is 1. The first-order valence-corrected chi connectivity index (χ1v) is 7.27. The topological polar surface area (TPSA) is 149 Å². The maximum Gasteiger partial charge on any atom is 0.320 e. The maximum absolute atomic E-state index is 11.4. The Balaban J connectivity index is 2.08. The molecular weight excluding hydrogens is 320 g/mol. The minimum Gasteiger partial charge on any atom is -0.480 e. The molecule has 1 fully saturated rings. The molecule has 10 nitrogen and oxygen atoms in total. The van der Waals surface area contributed by atoms with E-state index >= 15 is 0 Å². The van der Waals surface area contributed by atoms with Crippen LogP contribution in [-0.4, -0.2) is 43.5 Å². The first kappa shape index (κ1) is 15.9. The van der Waals surface area contributed by atoms with Crippen molar-refractivity contribution in [1.82, 2.24) is 14.9 Å². The smallest absolute Gasteiger partial charge is 0.320 e. The molecule has 0 aliphatic carbocycles. The zero-order chi connectivity index (χ0) is 17.4. The van der Waals surface area contributed by atoms with Gasteiger partial charge in [0.1, 0.15) is 6.04 Å². The molecule has 0 amide bonds. The van der Waals surface area contributed by atoms with Gasteiger partial charge < -0.3 is 15.1 Å². The number of rotatable bonds is 4. The van der Waals surface area contributed by atoms with Crippen molar-refractivity contribution in [2.24, 2.45) is 0 Å². The van der Waals surface area contributed by atoms with Gasteiger partial charge in [0.25, 0.3) is 5.69 Å². The van der Waals surface area contributed by atoms with Crippen LogP contribution >= 0.6 is 0 Å². The van der Waals surface area contributed by atoms with Crippen LogP contribution < -0.4 is 11.1 Å². The third kappa shape index (κ3) is 2.78. The quantitative estimate of drug-likeness (QED) is 0.410. The van der Waals surface area contributed by atoms with E-state index in [0.717, 1.165) is 0 Å². The van der Waals surface area contributed by atoms with E-state index in [1.165, 1.54) is 12.1 Å². The van der Waals surface area contributed by atoms with Gasteiger partial charge in [-0.2, -0.15) is 0 Å². The highest BCUT2D eigenvalue weighted by atomic mass is 16.6. The number of likely N-dealkylation sites (tertiary alicyclic amines) is 1. The highest BCUT2D eigenvalue weighted by molar-refractivity contribution is 5.78. The maximum atomic E-state index is 11.4. The number of nitro benzene ring substituents is 1. The summed E-state index contributed by atoms with van der Waals surface area (Å²) >= 11 is 0. The number of nitrogens with one attached hydrogen (secondary N) is 2. The number of carboxylic acids is 1. The number of aromatic amines is 2. The van der Waals surface area contributed by atoms with Crippen LogP contribution in [0, 0.1) is 10.1 Å². The van der Waals surface area contributed by atoms with Gasteiger partial charge >= 0.3 is 17.1 Å². The van der Waals surface area contributed by atoms with Crippen molar-refractivity contribution >= 4 is 22.7 Å². The lowest BCUT2D eigenvalue weighted by atomic mass is 10.1. The first-order valence-electron chi connectivity index (χ1n) is 7.27. The molecule has 2 heterocycles. The SMILES string of the molecule is O=C(O)[C@H]1CCCN1Cc1cc2[nH]c(=O)c(=O)[nH]c2cc1[N+](=O)[O-]. The number of aromatic nitrogens is 2. The normalized spacial score (nSPS) is 18.1. The highest BCUT2D eigenvalue weighted by Crippen LogP contribution is 2.27. The van der Waals surface area contributed by atoms with Crippen LogP contribution in [0.25, 0.3) is 11.0 Å². The molecule has 3 N–H and O–H groups in total. The van der Waals surface area contributed by atoms with Gasteiger partial charge in [0.2, 0.25) is 0 Å². The third-order valence-corrected chi connectivity index (χ3v) is 4.14. The number of H-pyrrole nitrogens is 2. The summed E-state index contributed by atoms with van der Waals surface area (Å²) < 4.78 is 0. The summed E-state index contributed by atoms with van der Waals surface area (Å²) in [5.74, 6) is -0.964. The molecule has 1 aliphatic heterocycles. The summed E-state index contributed by atoms with van der Waals surface area (Å²) in [6, 6.07) is 1.89. The summed E-state index contributed by atoms with van der Waals surface area (Å²) in [5, 5.41) is 20.5. The van der Waals surface area contributed by atoms with Crippen LogP contribution in [0.15, 0.2) is 21.7 Å². The number of benzene rings is 1. The number of hydrogen-bond acceptors (Lipinski definition) is 6. The van der Waals surface area contributed by atoms with Crippen molar-refractivity contribution in [3.8, 4) is 0 Å². The van der Waals surface area contributed by atoms with E-state index in [2.05, 4.69) is 9.97 Å². The molecule has 0 spiro atoms. The van der Waals surface area contributed by atoms with Crippen molar-refractivity contribution in [3.05, 3.63) is 48.5 Å². The monoisotopic (exact) mass is 334 g/mol. The van der Waals surface area contributed by atoms with Crippen LogP contribution in [0.3, 0.4) is 0 Å². The average Bonchev–Trinajstić information content (AvgIpc) is 2.96. The molecule has 1 aliphatic rings. The van der Waals surface area contributed by atoms with Gasteiger partial charge in [-0.25, -0.2) is 0 Å². The van der Waals surface area contributed by atoms with Crippen molar-refractivity contribution in [1.29, 1.82) is 0 Å². The molecule has 0 radical (unpaired) electrons. The lowest BCUT2D eigenvalue weighted by Crippen LogP contribution is -2.35. The highest BCUT2D eigenvalue weighted by Gasteiger charge is 2.32. The molecule has 24 heavy (non-hydrogen) atoms. The Bertz CT molecular complexity index is 946. The van der Waals surface area contributed by atoms with E-state index in [1.54, 1.807) is 4.90 Å². The first-order chi connectivity index (χ1) is 11.4. The fourth-order valence-corrected chi connectivity index (χ4v) is 3.01. The minimum absolute atomic E-state index is 0.0738. The van der Waals surface area contributed by atoms with Crippen LogP contribution in [0.2, 0.25) is 0 Å². The number of fused-ring (bicyclic) bond motifs is 1. The van der Waals surface area contributed by atoms with E-state index in [4.69, 9.17) is 0 Å².